The molecule has 1 aliphatic carbocycles. The highest BCUT2D eigenvalue weighted by Crippen LogP contribution is 2.54. The van der Waals surface area contributed by atoms with Gasteiger partial charge in [-0.15, -0.1) is 0 Å². The first-order valence-electron chi connectivity index (χ1n) is 9.59. The molecule has 5 rings (SSSR count). The lowest BCUT2D eigenvalue weighted by Gasteiger charge is -2.38. The van der Waals surface area contributed by atoms with E-state index in [1.54, 1.807) is 24.3 Å². The fourth-order valence-corrected chi connectivity index (χ4v) is 5.12. The number of halogens is 1. The molecule has 6 nitrogen and oxygen atoms in total. The second-order valence-corrected chi connectivity index (χ2v) is 8.14. The van der Waals surface area contributed by atoms with Gasteiger partial charge in [-0.3, -0.25) is 10.1 Å². The fourth-order valence-electron chi connectivity index (χ4n) is 4.88. The molecular weight excluding hydrogens is 404 g/mol. The summed E-state index contributed by atoms with van der Waals surface area (Å²) in [4.78, 5) is 22.5. The summed E-state index contributed by atoms with van der Waals surface area (Å²) < 4.78 is 0. The molecule has 0 aromatic heterocycles. The molecule has 0 bridgehead atoms. The number of anilines is 1. The maximum atomic E-state index is 11.6. The monoisotopic (exact) mass is 420 g/mol. The molecule has 0 fully saturated rings. The van der Waals surface area contributed by atoms with Gasteiger partial charge >= 0.3 is 5.97 Å². The van der Waals surface area contributed by atoms with Gasteiger partial charge in [0.1, 0.15) is 0 Å². The Balaban J connectivity index is 1.70. The first kappa shape index (κ1) is 18.6. The summed E-state index contributed by atoms with van der Waals surface area (Å²) in [5.74, 6) is -0.931. The third-order valence-electron chi connectivity index (χ3n) is 6.17. The molecule has 3 atom stereocenters. The average Bonchev–Trinajstić information content (AvgIpc) is 3.13. The maximum Gasteiger partial charge on any atom is 0.335 e. The topological polar surface area (TPSA) is 92.5 Å². The lowest BCUT2D eigenvalue weighted by molar-refractivity contribution is -0.384. The Hall–Kier alpha value is -3.38. The number of non-ortho nitro benzene ring substituents is 1. The van der Waals surface area contributed by atoms with Gasteiger partial charge in [0.05, 0.1) is 16.5 Å². The second kappa shape index (κ2) is 6.85. The second-order valence-electron chi connectivity index (χ2n) is 7.74. The summed E-state index contributed by atoms with van der Waals surface area (Å²) in [7, 11) is 0. The summed E-state index contributed by atoms with van der Waals surface area (Å²) in [5.41, 5.74) is 5.05. The van der Waals surface area contributed by atoms with Crippen molar-refractivity contribution in [3.63, 3.8) is 0 Å². The summed E-state index contributed by atoms with van der Waals surface area (Å²) >= 11 is 6.49. The van der Waals surface area contributed by atoms with Crippen LogP contribution in [-0.4, -0.2) is 16.0 Å². The van der Waals surface area contributed by atoms with Crippen LogP contribution in [0, 0.1) is 16.0 Å². The number of fused-ring (bicyclic) bond motifs is 5. The summed E-state index contributed by atoms with van der Waals surface area (Å²) in [6.07, 6.45) is 0.772. The van der Waals surface area contributed by atoms with Crippen LogP contribution in [0.25, 0.3) is 0 Å². The van der Waals surface area contributed by atoms with Crippen LogP contribution in [0.4, 0.5) is 11.4 Å². The molecule has 0 saturated heterocycles. The van der Waals surface area contributed by atoms with Crippen molar-refractivity contribution in [1.82, 2.24) is 0 Å². The number of hydrogen-bond acceptors (Lipinski definition) is 4. The van der Waals surface area contributed by atoms with E-state index in [1.807, 2.05) is 12.1 Å². The van der Waals surface area contributed by atoms with Crippen molar-refractivity contribution in [3.8, 4) is 0 Å². The fraction of sp³-hybridized carbons (Fsp3) is 0.174. The summed E-state index contributed by atoms with van der Waals surface area (Å²) in [6.45, 7) is 0. The van der Waals surface area contributed by atoms with E-state index in [-0.39, 0.29) is 29.1 Å². The van der Waals surface area contributed by atoms with E-state index in [1.165, 1.54) is 23.3 Å². The smallest absolute Gasteiger partial charge is 0.335 e. The van der Waals surface area contributed by atoms with Crippen molar-refractivity contribution in [1.29, 1.82) is 0 Å². The predicted molar refractivity (Wildman–Crippen MR) is 113 cm³/mol. The Bertz CT molecular complexity index is 1210. The van der Waals surface area contributed by atoms with Gasteiger partial charge in [-0.05, 0) is 53.3 Å². The quantitative estimate of drug-likeness (QED) is 0.436. The van der Waals surface area contributed by atoms with Gasteiger partial charge in [0.2, 0.25) is 0 Å². The number of nitrogens with zero attached hydrogens (tertiary/aromatic N) is 1. The third-order valence-corrected chi connectivity index (χ3v) is 6.52. The van der Waals surface area contributed by atoms with E-state index in [4.69, 9.17) is 11.6 Å². The molecule has 0 amide bonds. The zero-order valence-electron chi connectivity index (χ0n) is 15.7. The zero-order valence-corrected chi connectivity index (χ0v) is 16.5. The first-order chi connectivity index (χ1) is 14.4. The average molecular weight is 421 g/mol. The van der Waals surface area contributed by atoms with Crippen LogP contribution in [-0.2, 0) is 6.42 Å². The predicted octanol–water partition coefficient (Wildman–Crippen LogP) is 5.42. The summed E-state index contributed by atoms with van der Waals surface area (Å²) in [6, 6.07) is 17.5. The van der Waals surface area contributed by atoms with Crippen molar-refractivity contribution >= 4 is 28.9 Å². The molecule has 30 heavy (non-hydrogen) atoms. The molecular formula is C23H17ClN2O4. The standard InChI is InChI=1S/C23H17ClN2O4/c24-19-7-6-14(26(29)30)11-16(19)22-18-9-12-3-1-2-4-15(12)21(18)17-10-13(23(27)28)5-8-20(17)25-22/h1-8,10-11,18,21-22,25H,9H2,(H,27,28)/t18-,21+,22+/m1/s1. The minimum absolute atomic E-state index is 0.00437. The first-order valence-corrected chi connectivity index (χ1v) is 9.97. The number of carboxylic acid groups (broad SMARTS) is 1. The molecule has 0 radical (unpaired) electrons. The van der Waals surface area contributed by atoms with E-state index in [0.717, 1.165) is 17.7 Å². The van der Waals surface area contributed by atoms with Crippen LogP contribution in [0.2, 0.25) is 5.02 Å². The maximum absolute atomic E-state index is 11.6. The molecule has 150 valence electrons. The highest BCUT2D eigenvalue weighted by Gasteiger charge is 2.44. The molecule has 0 unspecified atom stereocenters. The molecule has 1 heterocycles. The van der Waals surface area contributed by atoms with Crippen molar-refractivity contribution in [2.75, 3.05) is 5.32 Å². The van der Waals surface area contributed by atoms with Gasteiger partial charge < -0.3 is 10.4 Å². The third kappa shape index (κ3) is 2.83. The van der Waals surface area contributed by atoms with Crippen molar-refractivity contribution in [2.45, 2.75) is 18.4 Å². The Morgan fingerprint density at radius 3 is 2.63 bits per heavy atom. The number of hydrogen-bond donors (Lipinski definition) is 2. The zero-order chi connectivity index (χ0) is 21.0. The molecule has 0 spiro atoms. The Morgan fingerprint density at radius 1 is 1.07 bits per heavy atom. The van der Waals surface area contributed by atoms with Gasteiger partial charge in [-0.1, -0.05) is 35.9 Å². The van der Waals surface area contributed by atoms with E-state index in [0.29, 0.717) is 10.6 Å². The number of benzene rings is 3. The van der Waals surface area contributed by atoms with Crippen LogP contribution < -0.4 is 5.32 Å². The molecule has 2 aliphatic rings. The largest absolute Gasteiger partial charge is 0.478 e. The van der Waals surface area contributed by atoms with Crippen molar-refractivity contribution in [2.24, 2.45) is 5.92 Å². The van der Waals surface area contributed by atoms with Crippen LogP contribution in [0.5, 0.6) is 0 Å². The molecule has 0 saturated carbocycles. The normalized spacial score (nSPS) is 21.2. The van der Waals surface area contributed by atoms with Crippen LogP contribution in [0.3, 0.4) is 0 Å². The van der Waals surface area contributed by atoms with E-state index in [2.05, 4.69) is 17.4 Å². The van der Waals surface area contributed by atoms with E-state index >= 15 is 0 Å². The van der Waals surface area contributed by atoms with Gasteiger partial charge in [0.25, 0.3) is 5.69 Å². The minimum Gasteiger partial charge on any atom is -0.478 e. The number of nitrogens with one attached hydrogen (secondary N) is 1. The number of nitro groups is 1. The number of carboxylic acids is 1. The molecule has 3 aromatic rings. The van der Waals surface area contributed by atoms with Crippen LogP contribution in [0.15, 0.2) is 60.7 Å². The molecule has 1 aliphatic heterocycles. The van der Waals surface area contributed by atoms with Gasteiger partial charge in [0, 0.05) is 34.3 Å². The molecule has 3 aromatic carbocycles. The minimum atomic E-state index is -0.968. The number of carbonyl (C=O) groups is 1. The number of aromatic carboxylic acids is 1. The van der Waals surface area contributed by atoms with Gasteiger partial charge in [0.15, 0.2) is 0 Å². The van der Waals surface area contributed by atoms with E-state index < -0.39 is 10.9 Å². The Morgan fingerprint density at radius 2 is 1.87 bits per heavy atom. The molecule has 7 heteroatoms. The van der Waals surface area contributed by atoms with Crippen LogP contribution >= 0.6 is 11.6 Å². The summed E-state index contributed by atoms with van der Waals surface area (Å²) in [5, 5.41) is 24.8. The van der Waals surface area contributed by atoms with Crippen molar-refractivity contribution < 1.29 is 14.8 Å². The number of rotatable bonds is 3. The SMILES string of the molecule is O=C(O)c1ccc2c(c1)[C@@H]1c3ccccc3C[C@H]1[C@H](c1cc([N+](=O)[O-])ccc1Cl)N2. The lowest BCUT2D eigenvalue weighted by atomic mass is 9.75. The van der Waals surface area contributed by atoms with Gasteiger partial charge in [-0.2, -0.15) is 0 Å². The Kier molecular flexibility index (Phi) is 4.25. The van der Waals surface area contributed by atoms with Gasteiger partial charge in [-0.25, -0.2) is 4.79 Å². The van der Waals surface area contributed by atoms with Crippen molar-refractivity contribution in [3.05, 3.63) is 104 Å². The number of nitro benzene ring substituents is 1. The highest BCUT2D eigenvalue weighted by molar-refractivity contribution is 6.31. The highest BCUT2D eigenvalue weighted by atomic mass is 35.5. The van der Waals surface area contributed by atoms with E-state index in [9.17, 15) is 20.0 Å². The lowest BCUT2D eigenvalue weighted by Crippen LogP contribution is -2.31. The van der Waals surface area contributed by atoms with Crippen LogP contribution in [0.1, 0.15) is 44.6 Å². The molecule has 2 N–H and O–H groups in total. The Labute approximate surface area is 177 Å².